The highest BCUT2D eigenvalue weighted by Gasteiger charge is 2.05. The molecule has 1 aromatic heterocycles. The molecule has 0 fully saturated rings. The van der Waals surface area contributed by atoms with Gasteiger partial charge < -0.3 is 9.15 Å². The molecule has 2 aromatic carbocycles. The molecule has 0 radical (unpaired) electrons. The fourth-order valence-corrected chi connectivity index (χ4v) is 1.85. The van der Waals surface area contributed by atoms with Crippen LogP contribution < -0.4 is 4.74 Å². The van der Waals surface area contributed by atoms with Crippen molar-refractivity contribution in [3.63, 3.8) is 0 Å². The fourth-order valence-electron chi connectivity index (χ4n) is 1.85. The summed E-state index contributed by atoms with van der Waals surface area (Å²) in [6.07, 6.45) is 1.67. The third-order valence-corrected chi connectivity index (χ3v) is 2.66. The highest BCUT2D eigenvalue weighted by molar-refractivity contribution is 5.83. The maximum atomic E-state index is 5.84. The number of para-hydroxylation sites is 1. The van der Waals surface area contributed by atoms with E-state index >= 15 is 0 Å². The van der Waals surface area contributed by atoms with Crippen LogP contribution >= 0.6 is 0 Å². The third-order valence-electron chi connectivity index (χ3n) is 2.66. The van der Waals surface area contributed by atoms with Crippen LogP contribution in [0, 0.1) is 6.92 Å². The van der Waals surface area contributed by atoms with Crippen LogP contribution in [0.25, 0.3) is 11.0 Å². The molecule has 17 heavy (non-hydrogen) atoms. The molecule has 3 rings (SSSR count). The minimum absolute atomic E-state index is 0.748. The SMILES string of the molecule is Cc1cccc(Oc2cccc3ccoc23)c1. The Balaban J connectivity index is 2.02. The van der Waals surface area contributed by atoms with E-state index < -0.39 is 0 Å². The van der Waals surface area contributed by atoms with Gasteiger partial charge in [0.2, 0.25) is 0 Å². The van der Waals surface area contributed by atoms with E-state index in [4.69, 9.17) is 9.15 Å². The molecule has 0 N–H and O–H groups in total. The first-order chi connectivity index (χ1) is 8.33. The van der Waals surface area contributed by atoms with Gasteiger partial charge in [-0.25, -0.2) is 0 Å². The van der Waals surface area contributed by atoms with Crippen molar-refractivity contribution in [3.8, 4) is 11.5 Å². The first-order valence-electron chi connectivity index (χ1n) is 5.54. The van der Waals surface area contributed by atoms with Crippen molar-refractivity contribution in [1.82, 2.24) is 0 Å². The number of hydrogen-bond donors (Lipinski definition) is 0. The van der Waals surface area contributed by atoms with Crippen molar-refractivity contribution < 1.29 is 9.15 Å². The third kappa shape index (κ3) is 1.89. The van der Waals surface area contributed by atoms with Gasteiger partial charge in [0.15, 0.2) is 11.3 Å². The maximum Gasteiger partial charge on any atom is 0.176 e. The van der Waals surface area contributed by atoms with E-state index in [1.165, 1.54) is 5.56 Å². The van der Waals surface area contributed by atoms with Gasteiger partial charge in [-0.3, -0.25) is 0 Å². The van der Waals surface area contributed by atoms with E-state index in [1.807, 2.05) is 55.5 Å². The summed E-state index contributed by atoms with van der Waals surface area (Å²) in [5.41, 5.74) is 1.96. The Kier molecular flexibility index (Phi) is 2.33. The normalized spacial score (nSPS) is 10.6. The number of fused-ring (bicyclic) bond motifs is 1. The zero-order valence-corrected chi connectivity index (χ0v) is 9.51. The Bertz CT molecular complexity index is 653. The Labute approximate surface area is 99.4 Å². The summed E-state index contributed by atoms with van der Waals surface area (Å²) in [6, 6.07) is 15.8. The van der Waals surface area contributed by atoms with Crippen LogP contribution in [0.3, 0.4) is 0 Å². The van der Waals surface area contributed by atoms with Gasteiger partial charge in [0.1, 0.15) is 5.75 Å². The number of rotatable bonds is 2. The van der Waals surface area contributed by atoms with Crippen molar-refractivity contribution in [3.05, 3.63) is 60.4 Å². The number of ether oxygens (including phenoxy) is 1. The maximum absolute atomic E-state index is 5.84. The van der Waals surface area contributed by atoms with Crippen LogP contribution in [-0.4, -0.2) is 0 Å². The smallest absolute Gasteiger partial charge is 0.176 e. The average Bonchev–Trinajstić information content (AvgIpc) is 2.78. The summed E-state index contributed by atoms with van der Waals surface area (Å²) < 4.78 is 11.3. The van der Waals surface area contributed by atoms with Gasteiger partial charge >= 0.3 is 0 Å². The second-order valence-electron chi connectivity index (χ2n) is 4.01. The van der Waals surface area contributed by atoms with Gasteiger partial charge in [-0.15, -0.1) is 0 Å². The highest BCUT2D eigenvalue weighted by atomic mass is 16.5. The molecule has 0 aliphatic carbocycles. The van der Waals surface area contributed by atoms with Crippen molar-refractivity contribution in [2.24, 2.45) is 0 Å². The van der Waals surface area contributed by atoms with Crippen LogP contribution in [0.1, 0.15) is 5.56 Å². The van der Waals surface area contributed by atoms with E-state index in [2.05, 4.69) is 0 Å². The minimum atomic E-state index is 0.748. The molecule has 0 spiro atoms. The first-order valence-corrected chi connectivity index (χ1v) is 5.54. The van der Waals surface area contributed by atoms with E-state index in [0.29, 0.717) is 0 Å². The van der Waals surface area contributed by atoms with Crippen molar-refractivity contribution in [1.29, 1.82) is 0 Å². The zero-order chi connectivity index (χ0) is 11.7. The molecule has 0 bridgehead atoms. The molecular weight excluding hydrogens is 212 g/mol. The summed E-state index contributed by atoms with van der Waals surface area (Å²) in [4.78, 5) is 0. The second-order valence-corrected chi connectivity index (χ2v) is 4.01. The molecule has 1 heterocycles. The van der Waals surface area contributed by atoms with E-state index in [1.54, 1.807) is 6.26 Å². The molecule has 0 saturated heterocycles. The van der Waals surface area contributed by atoms with Gasteiger partial charge in [0, 0.05) is 5.39 Å². The fraction of sp³-hybridized carbons (Fsp3) is 0.0667. The predicted molar refractivity (Wildman–Crippen MR) is 67.5 cm³/mol. The lowest BCUT2D eigenvalue weighted by Gasteiger charge is -2.06. The largest absolute Gasteiger partial charge is 0.460 e. The van der Waals surface area contributed by atoms with Crippen LogP contribution in [0.5, 0.6) is 11.5 Å². The van der Waals surface area contributed by atoms with Crippen LogP contribution in [0.2, 0.25) is 0 Å². The molecule has 2 nitrogen and oxygen atoms in total. The van der Waals surface area contributed by atoms with Crippen molar-refractivity contribution >= 4 is 11.0 Å². The number of aryl methyl sites for hydroxylation is 1. The molecule has 0 aliphatic heterocycles. The topological polar surface area (TPSA) is 22.4 Å². The summed E-state index contributed by atoms with van der Waals surface area (Å²) in [7, 11) is 0. The molecule has 0 amide bonds. The summed E-state index contributed by atoms with van der Waals surface area (Å²) in [5, 5.41) is 1.05. The molecule has 0 atom stereocenters. The number of hydrogen-bond acceptors (Lipinski definition) is 2. The molecule has 2 heteroatoms. The first kappa shape index (κ1) is 9.97. The summed E-state index contributed by atoms with van der Waals surface area (Å²) in [5.74, 6) is 1.58. The molecule has 0 saturated carbocycles. The van der Waals surface area contributed by atoms with Gasteiger partial charge in [0.25, 0.3) is 0 Å². The highest BCUT2D eigenvalue weighted by Crippen LogP contribution is 2.30. The van der Waals surface area contributed by atoms with Crippen molar-refractivity contribution in [2.75, 3.05) is 0 Å². The van der Waals surface area contributed by atoms with Crippen molar-refractivity contribution in [2.45, 2.75) is 6.92 Å². The lowest BCUT2D eigenvalue weighted by atomic mass is 10.2. The number of furan rings is 1. The Morgan fingerprint density at radius 3 is 2.76 bits per heavy atom. The summed E-state index contributed by atoms with van der Waals surface area (Å²) >= 11 is 0. The Morgan fingerprint density at radius 1 is 1.00 bits per heavy atom. The molecule has 3 aromatic rings. The second kappa shape index (κ2) is 3.98. The predicted octanol–water partition coefficient (Wildman–Crippen LogP) is 4.53. The Hall–Kier alpha value is -2.22. The van der Waals surface area contributed by atoms with Gasteiger partial charge in [-0.1, -0.05) is 24.3 Å². The lowest BCUT2D eigenvalue weighted by molar-refractivity contribution is 0.472. The van der Waals surface area contributed by atoms with Gasteiger partial charge in [-0.2, -0.15) is 0 Å². The van der Waals surface area contributed by atoms with Crippen LogP contribution in [0.15, 0.2) is 59.2 Å². The van der Waals surface area contributed by atoms with E-state index in [0.717, 1.165) is 22.5 Å². The minimum Gasteiger partial charge on any atom is -0.460 e. The van der Waals surface area contributed by atoms with E-state index in [-0.39, 0.29) is 0 Å². The number of benzene rings is 2. The van der Waals surface area contributed by atoms with E-state index in [9.17, 15) is 0 Å². The monoisotopic (exact) mass is 224 g/mol. The lowest BCUT2D eigenvalue weighted by Crippen LogP contribution is -1.84. The molecule has 0 unspecified atom stereocenters. The molecular formula is C15H12O2. The standard InChI is InChI=1S/C15H12O2/c1-11-4-2-6-13(10-11)17-14-7-3-5-12-8-9-16-15(12)14/h2-10H,1H3. The van der Waals surface area contributed by atoms with Crippen LogP contribution in [-0.2, 0) is 0 Å². The quantitative estimate of drug-likeness (QED) is 0.638. The summed E-state index contributed by atoms with van der Waals surface area (Å²) in [6.45, 7) is 2.04. The van der Waals surface area contributed by atoms with Crippen LogP contribution in [0.4, 0.5) is 0 Å². The molecule has 84 valence electrons. The Morgan fingerprint density at radius 2 is 1.88 bits per heavy atom. The van der Waals surface area contributed by atoms with Gasteiger partial charge in [0.05, 0.1) is 6.26 Å². The van der Waals surface area contributed by atoms with Gasteiger partial charge in [-0.05, 0) is 36.8 Å². The zero-order valence-electron chi connectivity index (χ0n) is 9.51. The average molecular weight is 224 g/mol. The molecule has 0 aliphatic rings.